The van der Waals surface area contributed by atoms with E-state index in [4.69, 9.17) is 5.73 Å². The molecule has 0 saturated heterocycles. The number of pyridine rings is 1. The molecule has 0 aliphatic rings. The summed E-state index contributed by atoms with van der Waals surface area (Å²) < 4.78 is 21.8. The van der Waals surface area contributed by atoms with Crippen molar-refractivity contribution in [2.24, 2.45) is 5.73 Å². The lowest BCUT2D eigenvalue weighted by Gasteiger charge is -2.04. The van der Waals surface area contributed by atoms with Gasteiger partial charge in [0.25, 0.3) is 5.91 Å². The maximum absolute atomic E-state index is 11.6. The summed E-state index contributed by atoms with van der Waals surface area (Å²) in [5.41, 5.74) is 6.57. The Hall–Kier alpha value is -1.47. The summed E-state index contributed by atoms with van der Waals surface area (Å²) in [7, 11) is -2.98. The average molecular weight is 271 g/mol. The number of nitrogens with two attached hydrogens (primary N) is 1. The molecule has 100 valence electrons. The Labute approximate surface area is 107 Å². The smallest absolute Gasteiger partial charge is 0.269 e. The molecule has 0 fully saturated rings. The fourth-order valence-corrected chi connectivity index (χ4v) is 1.98. The highest BCUT2D eigenvalue weighted by atomic mass is 32.2. The van der Waals surface area contributed by atoms with Crippen LogP contribution in [-0.2, 0) is 16.4 Å². The second-order valence-electron chi connectivity index (χ2n) is 4.00. The predicted molar refractivity (Wildman–Crippen MR) is 68.8 cm³/mol. The van der Waals surface area contributed by atoms with Gasteiger partial charge in [-0.25, -0.2) is 8.42 Å². The number of amides is 1. The van der Waals surface area contributed by atoms with Crippen LogP contribution in [0, 0.1) is 0 Å². The molecule has 0 radical (unpaired) electrons. The fraction of sp³-hybridized carbons (Fsp3) is 0.455. The SMILES string of the molecule is CS(=O)(=O)CCCNC(=O)c1ccc(CN)cn1. The summed E-state index contributed by atoms with van der Waals surface area (Å²) in [6.07, 6.45) is 3.11. The van der Waals surface area contributed by atoms with E-state index in [1.807, 2.05) is 0 Å². The van der Waals surface area contributed by atoms with E-state index >= 15 is 0 Å². The number of carbonyl (C=O) groups excluding carboxylic acids is 1. The summed E-state index contributed by atoms with van der Waals surface area (Å²) in [5.74, 6) is -0.251. The number of carbonyl (C=O) groups is 1. The minimum Gasteiger partial charge on any atom is -0.351 e. The fourth-order valence-electron chi connectivity index (χ4n) is 1.31. The Kier molecular flexibility index (Phi) is 5.24. The van der Waals surface area contributed by atoms with E-state index in [1.165, 1.54) is 6.26 Å². The lowest BCUT2D eigenvalue weighted by Crippen LogP contribution is -2.26. The Bertz CT molecular complexity index is 497. The molecule has 7 heteroatoms. The van der Waals surface area contributed by atoms with Crippen molar-refractivity contribution in [2.75, 3.05) is 18.6 Å². The first-order valence-corrected chi connectivity index (χ1v) is 7.59. The van der Waals surface area contributed by atoms with Crippen LogP contribution in [0.1, 0.15) is 22.5 Å². The minimum absolute atomic E-state index is 0.0623. The van der Waals surface area contributed by atoms with Crippen molar-refractivity contribution in [3.8, 4) is 0 Å². The number of hydrogen-bond donors (Lipinski definition) is 2. The zero-order valence-electron chi connectivity index (χ0n) is 10.2. The molecule has 0 aliphatic heterocycles. The molecule has 0 aromatic carbocycles. The van der Waals surface area contributed by atoms with Gasteiger partial charge in [-0.2, -0.15) is 0 Å². The molecule has 6 nitrogen and oxygen atoms in total. The maximum atomic E-state index is 11.6. The summed E-state index contributed by atoms with van der Waals surface area (Å²) in [6, 6.07) is 3.33. The first kappa shape index (κ1) is 14.6. The third-order valence-corrected chi connectivity index (χ3v) is 3.30. The molecule has 1 amide bonds. The molecule has 0 aliphatic carbocycles. The largest absolute Gasteiger partial charge is 0.351 e. The number of rotatable bonds is 6. The van der Waals surface area contributed by atoms with Crippen molar-refractivity contribution in [1.29, 1.82) is 0 Å². The third-order valence-electron chi connectivity index (χ3n) is 2.27. The summed E-state index contributed by atoms with van der Waals surface area (Å²) >= 11 is 0. The van der Waals surface area contributed by atoms with Crippen LogP contribution in [0.15, 0.2) is 18.3 Å². The molecular formula is C11H17N3O3S. The van der Waals surface area contributed by atoms with Crippen molar-refractivity contribution < 1.29 is 13.2 Å². The lowest BCUT2D eigenvalue weighted by atomic mass is 10.2. The van der Waals surface area contributed by atoms with Crippen molar-refractivity contribution in [3.63, 3.8) is 0 Å². The van der Waals surface area contributed by atoms with E-state index < -0.39 is 9.84 Å². The van der Waals surface area contributed by atoms with Gasteiger partial charge < -0.3 is 11.1 Å². The monoisotopic (exact) mass is 271 g/mol. The van der Waals surface area contributed by atoms with E-state index in [9.17, 15) is 13.2 Å². The Morgan fingerprint density at radius 3 is 2.67 bits per heavy atom. The standard InChI is InChI=1S/C11H17N3O3S/c1-18(16,17)6-2-5-13-11(15)10-4-3-9(7-12)8-14-10/h3-4,8H,2,5-7,12H2,1H3,(H,13,15). The first-order chi connectivity index (χ1) is 8.42. The average Bonchev–Trinajstić information content (AvgIpc) is 2.33. The number of sulfone groups is 1. The van der Waals surface area contributed by atoms with Gasteiger partial charge in [-0.1, -0.05) is 6.07 Å². The number of nitrogens with one attached hydrogen (secondary N) is 1. The van der Waals surface area contributed by atoms with Gasteiger partial charge in [0, 0.05) is 25.5 Å². The summed E-state index contributed by atoms with van der Waals surface area (Å²) in [4.78, 5) is 15.6. The second kappa shape index (κ2) is 6.46. The van der Waals surface area contributed by atoms with E-state index in [1.54, 1.807) is 18.3 Å². The summed E-state index contributed by atoms with van der Waals surface area (Å²) in [5, 5.41) is 2.61. The van der Waals surface area contributed by atoms with E-state index in [0.29, 0.717) is 25.2 Å². The minimum atomic E-state index is -2.98. The molecule has 1 aromatic heterocycles. The predicted octanol–water partition coefficient (Wildman–Crippen LogP) is -0.295. The molecule has 0 saturated carbocycles. The van der Waals surface area contributed by atoms with Crippen LogP contribution in [0.5, 0.6) is 0 Å². The van der Waals surface area contributed by atoms with Gasteiger partial charge in [0.05, 0.1) is 5.75 Å². The van der Waals surface area contributed by atoms with E-state index in [2.05, 4.69) is 10.3 Å². The van der Waals surface area contributed by atoms with Crippen LogP contribution in [0.25, 0.3) is 0 Å². The molecule has 3 N–H and O–H groups in total. The van der Waals surface area contributed by atoms with Crippen molar-refractivity contribution in [2.45, 2.75) is 13.0 Å². The van der Waals surface area contributed by atoms with Crippen LogP contribution in [0.4, 0.5) is 0 Å². The number of nitrogens with zero attached hydrogens (tertiary/aromatic N) is 1. The Morgan fingerprint density at radius 1 is 1.44 bits per heavy atom. The zero-order valence-corrected chi connectivity index (χ0v) is 11.0. The number of hydrogen-bond acceptors (Lipinski definition) is 5. The van der Waals surface area contributed by atoms with E-state index in [-0.39, 0.29) is 11.7 Å². The van der Waals surface area contributed by atoms with Gasteiger partial charge in [-0.05, 0) is 18.1 Å². The molecule has 0 bridgehead atoms. The number of aromatic nitrogens is 1. The molecule has 0 spiro atoms. The highest BCUT2D eigenvalue weighted by Crippen LogP contribution is 1.99. The normalized spacial score (nSPS) is 11.2. The Balaban J connectivity index is 2.40. The molecule has 0 atom stereocenters. The first-order valence-electron chi connectivity index (χ1n) is 5.53. The quantitative estimate of drug-likeness (QED) is 0.692. The van der Waals surface area contributed by atoms with Gasteiger partial charge in [0.1, 0.15) is 15.5 Å². The van der Waals surface area contributed by atoms with Crippen LogP contribution in [-0.4, -0.2) is 37.9 Å². The molecule has 1 heterocycles. The van der Waals surface area contributed by atoms with Crippen LogP contribution >= 0.6 is 0 Å². The zero-order chi connectivity index (χ0) is 13.6. The van der Waals surface area contributed by atoms with Crippen molar-refractivity contribution in [1.82, 2.24) is 10.3 Å². The van der Waals surface area contributed by atoms with Crippen molar-refractivity contribution in [3.05, 3.63) is 29.6 Å². The molecule has 1 rings (SSSR count). The highest BCUT2D eigenvalue weighted by Gasteiger charge is 2.07. The van der Waals surface area contributed by atoms with Gasteiger partial charge in [-0.3, -0.25) is 9.78 Å². The molecular weight excluding hydrogens is 254 g/mol. The molecule has 0 unspecified atom stereocenters. The highest BCUT2D eigenvalue weighted by molar-refractivity contribution is 7.90. The third kappa shape index (κ3) is 5.24. The lowest BCUT2D eigenvalue weighted by molar-refractivity contribution is 0.0948. The molecule has 18 heavy (non-hydrogen) atoms. The van der Waals surface area contributed by atoms with Gasteiger partial charge in [0.2, 0.25) is 0 Å². The van der Waals surface area contributed by atoms with Crippen LogP contribution in [0.2, 0.25) is 0 Å². The summed E-state index contributed by atoms with van der Waals surface area (Å²) in [6.45, 7) is 0.690. The molecule has 1 aromatic rings. The topological polar surface area (TPSA) is 102 Å². The van der Waals surface area contributed by atoms with Crippen LogP contribution < -0.4 is 11.1 Å². The second-order valence-corrected chi connectivity index (χ2v) is 6.25. The van der Waals surface area contributed by atoms with Gasteiger partial charge in [-0.15, -0.1) is 0 Å². The van der Waals surface area contributed by atoms with Gasteiger partial charge in [0.15, 0.2) is 0 Å². The van der Waals surface area contributed by atoms with E-state index in [0.717, 1.165) is 5.56 Å². The van der Waals surface area contributed by atoms with Gasteiger partial charge >= 0.3 is 0 Å². The maximum Gasteiger partial charge on any atom is 0.269 e. The van der Waals surface area contributed by atoms with Crippen LogP contribution in [0.3, 0.4) is 0 Å². The Morgan fingerprint density at radius 2 is 2.17 bits per heavy atom. The van der Waals surface area contributed by atoms with Crippen molar-refractivity contribution >= 4 is 15.7 Å².